The van der Waals surface area contributed by atoms with Crippen LogP contribution in [0.3, 0.4) is 0 Å². The molecule has 0 aliphatic heterocycles. The van der Waals surface area contributed by atoms with E-state index in [1.54, 1.807) is 18.8 Å². The summed E-state index contributed by atoms with van der Waals surface area (Å²) in [4.78, 5) is 11.7. The lowest BCUT2D eigenvalue weighted by molar-refractivity contribution is -0.123. The molecule has 13 heavy (non-hydrogen) atoms. The molecule has 0 aliphatic rings. The lowest BCUT2D eigenvalue weighted by atomic mass is 10.0. The monoisotopic (exact) mass is 203 g/mol. The molecule has 0 atom stereocenters. The van der Waals surface area contributed by atoms with Crippen molar-refractivity contribution in [2.24, 2.45) is 0 Å². The first-order valence-corrected chi connectivity index (χ1v) is 6.01. The van der Waals surface area contributed by atoms with Crippen LogP contribution in [0.2, 0.25) is 0 Å². The van der Waals surface area contributed by atoms with Gasteiger partial charge < -0.3 is 5.32 Å². The maximum atomic E-state index is 11.7. The number of carbonyl (C=O) groups excluding carboxylic acids is 1. The van der Waals surface area contributed by atoms with Crippen molar-refractivity contribution in [2.75, 3.05) is 12.8 Å². The van der Waals surface area contributed by atoms with Crippen LogP contribution < -0.4 is 5.32 Å². The van der Waals surface area contributed by atoms with E-state index in [9.17, 15) is 4.79 Å². The number of rotatable bonds is 6. The minimum atomic E-state index is -0.190. The number of amides is 1. The summed E-state index contributed by atoms with van der Waals surface area (Å²) in [5, 5.41) is 2.76. The highest BCUT2D eigenvalue weighted by Crippen LogP contribution is 2.33. The van der Waals surface area contributed by atoms with Crippen molar-refractivity contribution in [2.45, 2.75) is 44.8 Å². The molecule has 3 heteroatoms. The van der Waals surface area contributed by atoms with Crippen LogP contribution in [-0.4, -0.2) is 23.5 Å². The van der Waals surface area contributed by atoms with Gasteiger partial charge in [-0.1, -0.05) is 20.8 Å². The van der Waals surface area contributed by atoms with Crippen molar-refractivity contribution in [1.29, 1.82) is 0 Å². The van der Waals surface area contributed by atoms with E-state index in [1.807, 2.05) is 0 Å². The molecule has 0 rings (SSSR count). The van der Waals surface area contributed by atoms with Crippen LogP contribution in [0.4, 0.5) is 0 Å². The van der Waals surface area contributed by atoms with E-state index >= 15 is 0 Å². The van der Waals surface area contributed by atoms with Gasteiger partial charge in [-0.2, -0.15) is 0 Å². The molecule has 0 aliphatic carbocycles. The summed E-state index contributed by atoms with van der Waals surface area (Å²) in [5.41, 5.74) is 0. The van der Waals surface area contributed by atoms with Crippen LogP contribution in [0.15, 0.2) is 0 Å². The Bertz CT molecular complexity index is 155. The van der Waals surface area contributed by atoms with Crippen molar-refractivity contribution in [3.05, 3.63) is 0 Å². The number of hydrogen-bond acceptors (Lipinski definition) is 2. The molecule has 2 nitrogen and oxygen atoms in total. The summed E-state index contributed by atoms with van der Waals surface area (Å²) in [6.45, 7) is 6.32. The first kappa shape index (κ1) is 12.8. The summed E-state index contributed by atoms with van der Waals surface area (Å²) in [6.07, 6.45) is 2.95. The topological polar surface area (TPSA) is 29.1 Å². The standard InChI is InChI=1S/C10H21NOS/c1-5-8-13-10(6-2,7-3)9(12)11-4/h5-8H2,1-4H3,(H,11,12). The highest BCUT2D eigenvalue weighted by molar-refractivity contribution is 8.01. The van der Waals surface area contributed by atoms with E-state index in [2.05, 4.69) is 26.1 Å². The maximum Gasteiger partial charge on any atom is 0.235 e. The largest absolute Gasteiger partial charge is 0.358 e. The van der Waals surface area contributed by atoms with Crippen LogP contribution in [0.5, 0.6) is 0 Å². The van der Waals surface area contributed by atoms with Crippen LogP contribution in [0, 0.1) is 0 Å². The molecule has 0 spiro atoms. The second-order valence-corrected chi connectivity index (χ2v) is 4.61. The van der Waals surface area contributed by atoms with E-state index in [1.165, 1.54) is 0 Å². The molecule has 0 aromatic carbocycles. The fraction of sp³-hybridized carbons (Fsp3) is 0.900. The summed E-state index contributed by atoms with van der Waals surface area (Å²) < 4.78 is -0.190. The number of hydrogen-bond donors (Lipinski definition) is 1. The average Bonchev–Trinajstić information content (AvgIpc) is 2.19. The van der Waals surface area contributed by atoms with Crippen molar-refractivity contribution >= 4 is 17.7 Å². The van der Waals surface area contributed by atoms with Crippen LogP contribution in [0.25, 0.3) is 0 Å². The zero-order valence-corrected chi connectivity index (χ0v) is 9.96. The molecular formula is C10H21NOS. The van der Waals surface area contributed by atoms with Gasteiger partial charge in [0.05, 0.1) is 4.75 Å². The first-order chi connectivity index (χ1) is 6.16. The number of nitrogens with one attached hydrogen (secondary N) is 1. The lowest BCUT2D eigenvalue weighted by Crippen LogP contribution is -2.42. The van der Waals surface area contributed by atoms with E-state index in [-0.39, 0.29) is 10.7 Å². The third-order valence-corrected chi connectivity index (χ3v) is 4.29. The highest BCUT2D eigenvalue weighted by Gasteiger charge is 2.33. The normalized spacial score (nSPS) is 11.4. The third-order valence-electron chi connectivity index (χ3n) is 2.37. The second-order valence-electron chi connectivity index (χ2n) is 3.13. The Morgan fingerprint density at radius 3 is 2.15 bits per heavy atom. The Labute approximate surface area is 85.9 Å². The van der Waals surface area contributed by atoms with Crippen molar-refractivity contribution in [1.82, 2.24) is 5.32 Å². The molecule has 0 saturated carbocycles. The molecule has 78 valence electrons. The van der Waals surface area contributed by atoms with Gasteiger partial charge in [0.15, 0.2) is 0 Å². The lowest BCUT2D eigenvalue weighted by Gasteiger charge is -2.28. The van der Waals surface area contributed by atoms with Crippen molar-refractivity contribution in [3.63, 3.8) is 0 Å². The van der Waals surface area contributed by atoms with Gasteiger partial charge in [-0.3, -0.25) is 4.79 Å². The molecular weight excluding hydrogens is 182 g/mol. The molecule has 0 aromatic rings. The molecule has 0 radical (unpaired) electrons. The fourth-order valence-corrected chi connectivity index (χ4v) is 2.60. The van der Waals surface area contributed by atoms with Gasteiger partial charge in [-0.25, -0.2) is 0 Å². The number of carbonyl (C=O) groups is 1. The van der Waals surface area contributed by atoms with E-state index in [0.717, 1.165) is 25.0 Å². The van der Waals surface area contributed by atoms with Crippen LogP contribution in [-0.2, 0) is 4.79 Å². The minimum absolute atomic E-state index is 0.177. The summed E-state index contributed by atoms with van der Waals surface area (Å²) in [7, 11) is 1.72. The SMILES string of the molecule is CCCSC(CC)(CC)C(=O)NC. The third kappa shape index (κ3) is 3.22. The summed E-state index contributed by atoms with van der Waals surface area (Å²) in [5.74, 6) is 1.24. The Morgan fingerprint density at radius 2 is 1.85 bits per heavy atom. The van der Waals surface area contributed by atoms with Gasteiger partial charge in [-0.05, 0) is 25.0 Å². The zero-order valence-electron chi connectivity index (χ0n) is 9.14. The zero-order chi connectivity index (χ0) is 10.3. The smallest absolute Gasteiger partial charge is 0.235 e. The van der Waals surface area contributed by atoms with Gasteiger partial charge in [-0.15, -0.1) is 11.8 Å². The van der Waals surface area contributed by atoms with Crippen LogP contribution in [0.1, 0.15) is 40.0 Å². The van der Waals surface area contributed by atoms with Gasteiger partial charge in [0.25, 0.3) is 0 Å². The van der Waals surface area contributed by atoms with Gasteiger partial charge in [0.2, 0.25) is 5.91 Å². The van der Waals surface area contributed by atoms with Crippen molar-refractivity contribution < 1.29 is 4.79 Å². The quantitative estimate of drug-likeness (QED) is 0.718. The number of thioether (sulfide) groups is 1. The molecule has 1 N–H and O–H groups in total. The van der Waals surface area contributed by atoms with Gasteiger partial charge in [0, 0.05) is 7.05 Å². The molecule has 0 fully saturated rings. The van der Waals surface area contributed by atoms with E-state index in [0.29, 0.717) is 0 Å². The first-order valence-electron chi connectivity index (χ1n) is 5.03. The Balaban J connectivity index is 4.39. The molecule has 0 bridgehead atoms. The Kier molecular flexibility index (Phi) is 6.21. The molecule has 0 unspecified atom stereocenters. The molecule has 0 saturated heterocycles. The average molecular weight is 203 g/mol. The van der Waals surface area contributed by atoms with Gasteiger partial charge in [0.1, 0.15) is 0 Å². The molecule has 0 aromatic heterocycles. The highest BCUT2D eigenvalue weighted by atomic mass is 32.2. The summed E-state index contributed by atoms with van der Waals surface area (Å²) >= 11 is 1.79. The minimum Gasteiger partial charge on any atom is -0.358 e. The van der Waals surface area contributed by atoms with Gasteiger partial charge >= 0.3 is 0 Å². The summed E-state index contributed by atoms with van der Waals surface area (Å²) in [6, 6.07) is 0. The fourth-order valence-electron chi connectivity index (χ4n) is 1.37. The Morgan fingerprint density at radius 1 is 1.31 bits per heavy atom. The van der Waals surface area contributed by atoms with E-state index < -0.39 is 0 Å². The molecule has 1 amide bonds. The van der Waals surface area contributed by atoms with Crippen molar-refractivity contribution in [3.8, 4) is 0 Å². The van der Waals surface area contributed by atoms with E-state index in [4.69, 9.17) is 0 Å². The maximum absolute atomic E-state index is 11.7. The predicted octanol–water partition coefficient (Wildman–Crippen LogP) is 2.43. The van der Waals surface area contributed by atoms with Crippen LogP contribution >= 0.6 is 11.8 Å². The molecule has 0 heterocycles. The predicted molar refractivity (Wildman–Crippen MR) is 60.1 cm³/mol. The second kappa shape index (κ2) is 6.30. The Hall–Kier alpha value is -0.180.